The zero-order valence-corrected chi connectivity index (χ0v) is 7.79. The minimum absolute atomic E-state index is 0.273. The predicted octanol–water partition coefficient (Wildman–Crippen LogP) is 1.25. The summed E-state index contributed by atoms with van der Waals surface area (Å²) in [5.41, 5.74) is 1.51. The van der Waals surface area contributed by atoms with Crippen molar-refractivity contribution in [3.8, 4) is 0 Å². The van der Waals surface area contributed by atoms with Crippen LogP contribution in [-0.4, -0.2) is 17.4 Å². The number of rotatable bonds is 2. The summed E-state index contributed by atoms with van der Waals surface area (Å²) in [5.74, 6) is -0.273. The van der Waals surface area contributed by atoms with Crippen LogP contribution in [0.25, 0.3) is 0 Å². The topological polar surface area (TPSA) is 38.3 Å². The Balaban J connectivity index is 2.57. The Kier molecular flexibility index (Phi) is 2.07. The van der Waals surface area contributed by atoms with Crippen LogP contribution in [0.1, 0.15) is 13.3 Å². The van der Waals surface area contributed by atoms with Crippen LogP contribution in [0.4, 0.5) is 0 Å². The maximum Gasteiger partial charge on any atom is 0.252 e. The highest BCUT2D eigenvalue weighted by Gasteiger charge is 2.68. The van der Waals surface area contributed by atoms with E-state index < -0.39 is 9.75 Å². The Bertz CT molecular complexity index is 195. The summed E-state index contributed by atoms with van der Waals surface area (Å²) in [6, 6.07) is 0. The average molecular weight is 198 g/mol. The van der Waals surface area contributed by atoms with E-state index >= 15 is 0 Å². The fourth-order valence-corrected chi connectivity index (χ4v) is 1.56. The highest BCUT2D eigenvalue weighted by Crippen LogP contribution is 2.63. The van der Waals surface area contributed by atoms with Gasteiger partial charge in [-0.15, -0.1) is 23.2 Å². The summed E-state index contributed by atoms with van der Waals surface area (Å²) in [6.07, 6.45) is 0.471. The molecule has 0 aromatic heterocycles. The molecule has 5 heteroatoms. The van der Waals surface area contributed by atoms with Gasteiger partial charge in [-0.1, -0.05) is 0 Å². The van der Waals surface area contributed by atoms with Crippen molar-refractivity contribution >= 4 is 29.1 Å². The summed E-state index contributed by atoms with van der Waals surface area (Å²) < 4.78 is -0.921. The van der Waals surface area contributed by atoms with Crippen molar-refractivity contribution in [3.05, 3.63) is 0 Å². The van der Waals surface area contributed by atoms with E-state index in [1.165, 1.54) is 7.11 Å². The molecule has 1 unspecified atom stereocenters. The van der Waals surface area contributed by atoms with Gasteiger partial charge in [0.05, 0.1) is 12.5 Å². The third kappa shape index (κ3) is 1.33. The SMILES string of the molecule is CONC(=O)C1(C)CC1(Cl)Cl. The van der Waals surface area contributed by atoms with E-state index in [9.17, 15) is 4.79 Å². The van der Waals surface area contributed by atoms with Crippen LogP contribution in [0.3, 0.4) is 0 Å². The number of amides is 1. The Labute approximate surface area is 74.9 Å². The number of hydrogen-bond donors (Lipinski definition) is 1. The molecule has 0 heterocycles. The number of nitrogens with one attached hydrogen (secondary N) is 1. The average Bonchev–Trinajstić information content (AvgIpc) is 2.35. The molecule has 0 bridgehead atoms. The first-order chi connectivity index (χ1) is 4.94. The van der Waals surface area contributed by atoms with Gasteiger partial charge in [0.2, 0.25) is 0 Å². The Morgan fingerprint density at radius 3 is 2.36 bits per heavy atom. The first-order valence-electron chi connectivity index (χ1n) is 3.15. The number of alkyl halides is 2. The molecule has 3 nitrogen and oxygen atoms in total. The minimum Gasteiger partial charge on any atom is -0.277 e. The fourth-order valence-electron chi connectivity index (χ4n) is 0.852. The molecule has 0 radical (unpaired) electrons. The van der Waals surface area contributed by atoms with Crippen LogP contribution in [-0.2, 0) is 9.63 Å². The van der Waals surface area contributed by atoms with Crippen molar-refractivity contribution in [2.24, 2.45) is 5.41 Å². The number of hydroxylamine groups is 1. The van der Waals surface area contributed by atoms with Crippen LogP contribution in [0.2, 0.25) is 0 Å². The van der Waals surface area contributed by atoms with Gasteiger partial charge in [0.1, 0.15) is 4.33 Å². The van der Waals surface area contributed by atoms with Gasteiger partial charge in [0.25, 0.3) is 5.91 Å². The molecule has 1 saturated carbocycles. The zero-order valence-electron chi connectivity index (χ0n) is 6.28. The smallest absolute Gasteiger partial charge is 0.252 e. The van der Waals surface area contributed by atoms with E-state index in [-0.39, 0.29) is 5.91 Å². The van der Waals surface area contributed by atoms with E-state index in [0.29, 0.717) is 6.42 Å². The van der Waals surface area contributed by atoms with Gasteiger partial charge in [0.15, 0.2) is 0 Å². The molecule has 0 saturated heterocycles. The molecule has 1 fully saturated rings. The molecular formula is C6H9Cl2NO2. The second kappa shape index (κ2) is 2.51. The minimum atomic E-state index is -0.921. The molecular weight excluding hydrogens is 189 g/mol. The molecule has 0 aromatic carbocycles. The van der Waals surface area contributed by atoms with Crippen LogP contribution >= 0.6 is 23.2 Å². The van der Waals surface area contributed by atoms with Gasteiger partial charge < -0.3 is 0 Å². The van der Waals surface area contributed by atoms with Crippen LogP contribution < -0.4 is 5.48 Å². The maximum atomic E-state index is 11.1. The first kappa shape index (κ1) is 9.10. The van der Waals surface area contributed by atoms with Crippen LogP contribution in [0.5, 0.6) is 0 Å². The molecule has 11 heavy (non-hydrogen) atoms. The first-order valence-corrected chi connectivity index (χ1v) is 3.91. The highest BCUT2D eigenvalue weighted by molar-refractivity contribution is 6.53. The van der Waals surface area contributed by atoms with E-state index in [1.807, 2.05) is 0 Å². The lowest BCUT2D eigenvalue weighted by Gasteiger charge is -2.09. The van der Waals surface area contributed by atoms with Crippen molar-refractivity contribution in [1.29, 1.82) is 0 Å². The lowest BCUT2D eigenvalue weighted by molar-refractivity contribution is -0.136. The molecule has 1 atom stereocenters. The lowest BCUT2D eigenvalue weighted by Crippen LogP contribution is -2.32. The summed E-state index contributed by atoms with van der Waals surface area (Å²) in [7, 11) is 1.37. The van der Waals surface area contributed by atoms with E-state index in [0.717, 1.165) is 0 Å². The molecule has 64 valence electrons. The maximum absolute atomic E-state index is 11.1. The standard InChI is InChI=1S/C6H9Cl2NO2/c1-5(3-6(5,7)8)4(10)9-11-2/h3H2,1-2H3,(H,9,10). The summed E-state index contributed by atoms with van der Waals surface area (Å²) >= 11 is 11.5. The second-order valence-corrected chi connectivity index (χ2v) is 4.33. The molecule has 1 aliphatic rings. The van der Waals surface area contributed by atoms with E-state index in [1.54, 1.807) is 6.92 Å². The van der Waals surface area contributed by atoms with Crippen molar-refractivity contribution in [1.82, 2.24) is 5.48 Å². The fraction of sp³-hybridized carbons (Fsp3) is 0.833. The van der Waals surface area contributed by atoms with Crippen molar-refractivity contribution in [2.45, 2.75) is 17.7 Å². The van der Waals surface area contributed by atoms with E-state index in [4.69, 9.17) is 23.2 Å². The third-order valence-electron chi connectivity index (χ3n) is 1.95. The van der Waals surface area contributed by atoms with Gasteiger partial charge >= 0.3 is 0 Å². The molecule has 0 aromatic rings. The van der Waals surface area contributed by atoms with Crippen LogP contribution in [0.15, 0.2) is 0 Å². The third-order valence-corrected chi connectivity index (χ3v) is 3.06. The molecule has 0 spiro atoms. The van der Waals surface area contributed by atoms with Gasteiger partial charge in [-0.05, 0) is 13.3 Å². The molecule has 1 amide bonds. The van der Waals surface area contributed by atoms with Gasteiger partial charge in [-0.3, -0.25) is 9.63 Å². The van der Waals surface area contributed by atoms with Gasteiger partial charge in [0, 0.05) is 0 Å². The molecule has 1 aliphatic carbocycles. The number of carbonyl (C=O) groups excluding carboxylic acids is 1. The Morgan fingerprint density at radius 1 is 1.64 bits per heavy atom. The quantitative estimate of drug-likeness (QED) is 0.535. The number of halogens is 2. The number of carbonyl (C=O) groups is 1. The van der Waals surface area contributed by atoms with E-state index in [2.05, 4.69) is 10.3 Å². The van der Waals surface area contributed by atoms with Gasteiger partial charge in [-0.2, -0.15) is 0 Å². The van der Waals surface area contributed by atoms with Crippen molar-refractivity contribution < 1.29 is 9.63 Å². The Hall–Kier alpha value is 0.01000. The summed E-state index contributed by atoms with van der Waals surface area (Å²) in [4.78, 5) is 15.6. The highest BCUT2D eigenvalue weighted by atomic mass is 35.5. The largest absolute Gasteiger partial charge is 0.277 e. The summed E-state index contributed by atoms with van der Waals surface area (Å²) in [5, 5.41) is 0. The second-order valence-electron chi connectivity index (χ2n) is 2.85. The summed E-state index contributed by atoms with van der Waals surface area (Å²) in [6.45, 7) is 1.70. The molecule has 1 rings (SSSR count). The monoisotopic (exact) mass is 197 g/mol. The van der Waals surface area contributed by atoms with Crippen molar-refractivity contribution in [3.63, 3.8) is 0 Å². The lowest BCUT2D eigenvalue weighted by atomic mass is 10.1. The number of hydrogen-bond acceptors (Lipinski definition) is 2. The molecule has 0 aliphatic heterocycles. The zero-order chi connectivity index (χ0) is 8.70. The van der Waals surface area contributed by atoms with Crippen LogP contribution in [0, 0.1) is 5.41 Å². The van der Waals surface area contributed by atoms with Crippen molar-refractivity contribution in [2.75, 3.05) is 7.11 Å². The predicted molar refractivity (Wildman–Crippen MR) is 42.3 cm³/mol. The molecule has 1 N–H and O–H groups in total. The van der Waals surface area contributed by atoms with Gasteiger partial charge in [-0.25, -0.2) is 5.48 Å². The Morgan fingerprint density at radius 2 is 2.09 bits per heavy atom. The normalized spacial score (nSPS) is 33.1.